The molecule has 0 aromatic carbocycles. The Bertz CT molecular complexity index is 255. The molecular weight excluding hydrogens is 221 g/mol. The van der Waals surface area contributed by atoms with Crippen LogP contribution in [0.2, 0.25) is 0 Å². The number of hydrogen-bond acceptors (Lipinski definition) is 2. The molecule has 0 aromatic heterocycles. The molecule has 1 rings (SSSR count). The molecule has 1 aliphatic heterocycles. The van der Waals surface area contributed by atoms with E-state index in [2.05, 4.69) is 0 Å². The van der Waals surface area contributed by atoms with Crippen molar-refractivity contribution >= 4 is 5.91 Å². The maximum Gasteiger partial charge on any atom is 0.393 e. The van der Waals surface area contributed by atoms with E-state index in [9.17, 15) is 18.0 Å². The van der Waals surface area contributed by atoms with Crippen molar-refractivity contribution in [1.82, 2.24) is 4.90 Å². The smallest absolute Gasteiger partial charge is 0.341 e. The van der Waals surface area contributed by atoms with Gasteiger partial charge in [0.15, 0.2) is 0 Å². The van der Waals surface area contributed by atoms with Gasteiger partial charge in [-0.3, -0.25) is 4.79 Å². The fourth-order valence-electron chi connectivity index (χ4n) is 1.85. The fraction of sp³-hybridized carbons (Fsp3) is 0.900. The van der Waals surface area contributed by atoms with Crippen molar-refractivity contribution in [3.8, 4) is 0 Å². The molecule has 0 aromatic rings. The minimum absolute atomic E-state index is 0.106. The zero-order valence-corrected chi connectivity index (χ0v) is 9.26. The topological polar surface area (TPSA) is 46.3 Å². The Kier molecular flexibility index (Phi) is 4.18. The van der Waals surface area contributed by atoms with Crippen LogP contribution in [0.4, 0.5) is 13.2 Å². The van der Waals surface area contributed by atoms with Gasteiger partial charge in [0, 0.05) is 13.1 Å². The van der Waals surface area contributed by atoms with Crippen LogP contribution in [-0.4, -0.2) is 36.1 Å². The summed E-state index contributed by atoms with van der Waals surface area (Å²) in [6, 6.07) is -0.674. The molecule has 0 spiro atoms. The van der Waals surface area contributed by atoms with E-state index in [-0.39, 0.29) is 18.9 Å². The number of amides is 1. The van der Waals surface area contributed by atoms with Gasteiger partial charge in [-0.15, -0.1) is 0 Å². The Morgan fingerprint density at radius 2 is 2.19 bits per heavy atom. The molecule has 2 atom stereocenters. The van der Waals surface area contributed by atoms with Gasteiger partial charge in [0.1, 0.15) is 0 Å². The average molecular weight is 238 g/mol. The molecule has 1 unspecified atom stereocenters. The predicted octanol–water partition coefficient (Wildman–Crippen LogP) is 1.52. The number of nitrogens with two attached hydrogens (primary N) is 1. The molecule has 2 N–H and O–H groups in total. The van der Waals surface area contributed by atoms with E-state index >= 15 is 0 Å². The molecule has 6 heteroatoms. The van der Waals surface area contributed by atoms with E-state index in [4.69, 9.17) is 5.73 Å². The van der Waals surface area contributed by atoms with Gasteiger partial charge in [-0.2, -0.15) is 13.2 Å². The second-order valence-electron chi connectivity index (χ2n) is 4.18. The Labute approximate surface area is 92.8 Å². The van der Waals surface area contributed by atoms with Crippen LogP contribution < -0.4 is 5.73 Å². The Morgan fingerprint density at radius 3 is 2.69 bits per heavy atom. The SMILES string of the molecule is CC[C@H](N)C(=O)N1CCCC(C(F)(F)F)C1. The van der Waals surface area contributed by atoms with Crippen LogP contribution in [0, 0.1) is 5.92 Å². The molecule has 0 bridgehead atoms. The maximum atomic E-state index is 12.5. The number of carbonyl (C=O) groups excluding carboxylic acids is 1. The van der Waals surface area contributed by atoms with Crippen LogP contribution in [0.25, 0.3) is 0 Å². The molecule has 1 saturated heterocycles. The van der Waals surface area contributed by atoms with E-state index in [1.807, 2.05) is 0 Å². The summed E-state index contributed by atoms with van der Waals surface area (Å²) >= 11 is 0. The van der Waals surface area contributed by atoms with Crippen LogP contribution in [0.15, 0.2) is 0 Å². The molecule has 1 aliphatic rings. The summed E-state index contributed by atoms with van der Waals surface area (Å²) in [5, 5.41) is 0. The zero-order valence-electron chi connectivity index (χ0n) is 9.26. The normalized spacial score (nSPS) is 24.3. The lowest BCUT2D eigenvalue weighted by molar-refractivity contribution is -0.188. The highest BCUT2D eigenvalue weighted by Crippen LogP contribution is 2.33. The summed E-state index contributed by atoms with van der Waals surface area (Å²) in [6.07, 6.45) is -3.26. The molecule has 3 nitrogen and oxygen atoms in total. The first-order chi connectivity index (χ1) is 7.36. The molecule has 1 heterocycles. The number of rotatable bonds is 2. The van der Waals surface area contributed by atoms with Gasteiger partial charge in [-0.25, -0.2) is 0 Å². The molecule has 16 heavy (non-hydrogen) atoms. The molecular formula is C10H17F3N2O. The third-order valence-corrected chi connectivity index (χ3v) is 2.95. The lowest BCUT2D eigenvalue weighted by Gasteiger charge is -2.34. The first-order valence-corrected chi connectivity index (χ1v) is 5.47. The minimum atomic E-state index is -4.21. The van der Waals surface area contributed by atoms with E-state index in [0.29, 0.717) is 19.4 Å². The molecule has 0 saturated carbocycles. The average Bonchev–Trinajstić information content (AvgIpc) is 2.26. The van der Waals surface area contributed by atoms with E-state index in [1.54, 1.807) is 6.92 Å². The summed E-state index contributed by atoms with van der Waals surface area (Å²) in [4.78, 5) is 12.9. The lowest BCUT2D eigenvalue weighted by atomic mass is 9.97. The van der Waals surface area contributed by atoms with Crippen LogP contribution in [0.5, 0.6) is 0 Å². The predicted molar refractivity (Wildman–Crippen MR) is 53.6 cm³/mol. The second kappa shape index (κ2) is 5.03. The number of hydrogen-bond donors (Lipinski definition) is 1. The van der Waals surface area contributed by atoms with Crippen molar-refractivity contribution in [3.63, 3.8) is 0 Å². The highest BCUT2D eigenvalue weighted by Gasteiger charge is 2.42. The van der Waals surface area contributed by atoms with Crippen molar-refractivity contribution in [1.29, 1.82) is 0 Å². The third-order valence-electron chi connectivity index (χ3n) is 2.95. The van der Waals surface area contributed by atoms with Crippen molar-refractivity contribution in [2.24, 2.45) is 11.7 Å². The van der Waals surface area contributed by atoms with Gasteiger partial charge in [0.25, 0.3) is 0 Å². The highest BCUT2D eigenvalue weighted by molar-refractivity contribution is 5.81. The fourth-order valence-corrected chi connectivity index (χ4v) is 1.85. The summed E-state index contributed by atoms with van der Waals surface area (Å²) < 4.78 is 37.5. The van der Waals surface area contributed by atoms with Crippen LogP contribution in [0.1, 0.15) is 26.2 Å². The minimum Gasteiger partial charge on any atom is -0.341 e. The molecule has 94 valence electrons. The van der Waals surface area contributed by atoms with Crippen molar-refractivity contribution in [2.75, 3.05) is 13.1 Å². The van der Waals surface area contributed by atoms with Gasteiger partial charge >= 0.3 is 6.18 Å². The highest BCUT2D eigenvalue weighted by atomic mass is 19.4. The van der Waals surface area contributed by atoms with E-state index in [0.717, 1.165) is 0 Å². The largest absolute Gasteiger partial charge is 0.393 e. The summed E-state index contributed by atoms with van der Waals surface area (Å²) in [6.45, 7) is 1.89. The zero-order chi connectivity index (χ0) is 12.3. The Morgan fingerprint density at radius 1 is 1.56 bits per heavy atom. The van der Waals surface area contributed by atoms with Crippen LogP contribution in [-0.2, 0) is 4.79 Å². The van der Waals surface area contributed by atoms with Gasteiger partial charge in [-0.05, 0) is 19.3 Å². The van der Waals surface area contributed by atoms with Crippen LogP contribution >= 0.6 is 0 Å². The van der Waals surface area contributed by atoms with Gasteiger partial charge in [0.2, 0.25) is 5.91 Å². The van der Waals surface area contributed by atoms with Crippen molar-refractivity contribution in [2.45, 2.75) is 38.4 Å². The van der Waals surface area contributed by atoms with Gasteiger partial charge in [-0.1, -0.05) is 6.92 Å². The van der Waals surface area contributed by atoms with Crippen LogP contribution in [0.3, 0.4) is 0 Å². The molecule has 0 aliphatic carbocycles. The van der Waals surface area contributed by atoms with Gasteiger partial charge < -0.3 is 10.6 Å². The lowest BCUT2D eigenvalue weighted by Crippen LogP contribution is -2.50. The summed E-state index contributed by atoms with van der Waals surface area (Å²) in [7, 11) is 0. The second-order valence-corrected chi connectivity index (χ2v) is 4.18. The molecule has 1 fully saturated rings. The summed E-state index contributed by atoms with van der Waals surface area (Å²) in [5.74, 6) is -1.76. The molecule has 0 radical (unpaired) electrons. The number of likely N-dealkylation sites (tertiary alicyclic amines) is 1. The Hall–Kier alpha value is -0.780. The van der Waals surface area contributed by atoms with E-state index in [1.165, 1.54) is 4.90 Å². The number of piperidine rings is 1. The third kappa shape index (κ3) is 3.10. The number of halogens is 3. The number of carbonyl (C=O) groups is 1. The van der Waals surface area contributed by atoms with Crippen molar-refractivity contribution < 1.29 is 18.0 Å². The first-order valence-electron chi connectivity index (χ1n) is 5.47. The van der Waals surface area contributed by atoms with Crippen molar-refractivity contribution in [3.05, 3.63) is 0 Å². The van der Waals surface area contributed by atoms with E-state index < -0.39 is 18.1 Å². The standard InChI is InChI=1S/C10H17F3N2O/c1-2-8(14)9(16)15-5-3-4-7(6-15)10(11,12)13/h7-8H,2-6,14H2,1H3/t7?,8-/m0/s1. The van der Waals surface area contributed by atoms with Gasteiger partial charge in [0.05, 0.1) is 12.0 Å². The monoisotopic (exact) mass is 238 g/mol. The Balaban J connectivity index is 2.60. The number of nitrogens with zero attached hydrogens (tertiary/aromatic N) is 1. The number of alkyl halides is 3. The maximum absolute atomic E-state index is 12.5. The molecule has 1 amide bonds. The first kappa shape index (κ1) is 13.3. The summed E-state index contributed by atoms with van der Waals surface area (Å²) in [5.41, 5.74) is 5.53. The quantitative estimate of drug-likeness (QED) is 0.793.